The van der Waals surface area contributed by atoms with Crippen molar-refractivity contribution in [2.75, 3.05) is 19.7 Å². The number of nitrogens with one attached hydrogen (secondary N) is 1. The van der Waals surface area contributed by atoms with Crippen molar-refractivity contribution in [3.8, 4) is 0 Å². The SMILES string of the molecule is CCCc1cnc(Cc2ccc(C3CNCCO3)cc2F)nc1. The third-order valence-corrected chi connectivity index (χ3v) is 4.02. The Morgan fingerprint density at radius 2 is 2.13 bits per heavy atom. The number of benzene rings is 1. The molecule has 1 fully saturated rings. The van der Waals surface area contributed by atoms with E-state index in [0.29, 0.717) is 24.4 Å². The largest absolute Gasteiger partial charge is 0.371 e. The molecule has 1 aromatic heterocycles. The van der Waals surface area contributed by atoms with Gasteiger partial charge in [0, 0.05) is 31.9 Å². The molecule has 1 aromatic carbocycles. The topological polar surface area (TPSA) is 47.0 Å². The summed E-state index contributed by atoms with van der Waals surface area (Å²) in [5.41, 5.74) is 2.60. The van der Waals surface area contributed by atoms with Gasteiger partial charge in [0.2, 0.25) is 0 Å². The number of aryl methyl sites for hydroxylation is 1. The van der Waals surface area contributed by atoms with Gasteiger partial charge >= 0.3 is 0 Å². The number of hydrogen-bond donors (Lipinski definition) is 1. The Morgan fingerprint density at radius 3 is 2.78 bits per heavy atom. The van der Waals surface area contributed by atoms with Gasteiger partial charge in [0.1, 0.15) is 11.6 Å². The van der Waals surface area contributed by atoms with E-state index in [4.69, 9.17) is 4.74 Å². The first kappa shape index (κ1) is 16.0. The summed E-state index contributed by atoms with van der Waals surface area (Å²) < 4.78 is 20.0. The van der Waals surface area contributed by atoms with Crippen molar-refractivity contribution in [1.29, 1.82) is 0 Å². The van der Waals surface area contributed by atoms with Crippen LogP contribution in [0.5, 0.6) is 0 Å². The van der Waals surface area contributed by atoms with Gasteiger partial charge in [-0.05, 0) is 29.2 Å². The molecule has 2 heterocycles. The fourth-order valence-electron chi connectivity index (χ4n) is 2.75. The quantitative estimate of drug-likeness (QED) is 0.922. The van der Waals surface area contributed by atoms with Gasteiger partial charge in [0.25, 0.3) is 0 Å². The second-order valence-electron chi connectivity index (χ2n) is 5.85. The lowest BCUT2D eigenvalue weighted by Gasteiger charge is -2.24. The molecule has 1 unspecified atom stereocenters. The van der Waals surface area contributed by atoms with E-state index in [0.717, 1.165) is 37.1 Å². The van der Waals surface area contributed by atoms with Crippen molar-refractivity contribution >= 4 is 0 Å². The zero-order chi connectivity index (χ0) is 16.1. The summed E-state index contributed by atoms with van der Waals surface area (Å²) in [5, 5.41) is 3.26. The van der Waals surface area contributed by atoms with Gasteiger partial charge in [-0.2, -0.15) is 0 Å². The molecule has 1 aliphatic rings. The van der Waals surface area contributed by atoms with Gasteiger partial charge in [-0.1, -0.05) is 25.5 Å². The maximum atomic E-state index is 14.4. The molecule has 1 saturated heterocycles. The lowest BCUT2D eigenvalue weighted by Crippen LogP contribution is -2.33. The summed E-state index contributed by atoms with van der Waals surface area (Å²) in [6, 6.07) is 5.31. The van der Waals surface area contributed by atoms with Crippen LogP contribution in [0.15, 0.2) is 30.6 Å². The fourth-order valence-corrected chi connectivity index (χ4v) is 2.75. The third kappa shape index (κ3) is 4.12. The van der Waals surface area contributed by atoms with Gasteiger partial charge in [-0.15, -0.1) is 0 Å². The van der Waals surface area contributed by atoms with Crippen LogP contribution in [0.25, 0.3) is 0 Å². The normalized spacial score (nSPS) is 18.1. The van der Waals surface area contributed by atoms with E-state index in [1.165, 1.54) is 0 Å². The molecule has 3 rings (SSSR count). The number of aromatic nitrogens is 2. The van der Waals surface area contributed by atoms with Gasteiger partial charge < -0.3 is 10.1 Å². The van der Waals surface area contributed by atoms with E-state index in [9.17, 15) is 4.39 Å². The molecule has 0 bridgehead atoms. The van der Waals surface area contributed by atoms with Gasteiger partial charge in [-0.3, -0.25) is 0 Å². The minimum atomic E-state index is -0.224. The van der Waals surface area contributed by atoms with Crippen molar-refractivity contribution < 1.29 is 9.13 Å². The Kier molecular flexibility index (Phi) is 5.31. The highest BCUT2D eigenvalue weighted by Crippen LogP contribution is 2.22. The maximum Gasteiger partial charge on any atom is 0.132 e. The van der Waals surface area contributed by atoms with Crippen molar-refractivity contribution in [1.82, 2.24) is 15.3 Å². The van der Waals surface area contributed by atoms with E-state index in [1.807, 2.05) is 24.5 Å². The number of nitrogens with zero attached hydrogens (tertiary/aromatic N) is 2. The molecule has 0 aliphatic carbocycles. The molecule has 0 saturated carbocycles. The predicted molar refractivity (Wildman–Crippen MR) is 86.8 cm³/mol. The molecule has 0 radical (unpaired) electrons. The van der Waals surface area contributed by atoms with Gasteiger partial charge in [-0.25, -0.2) is 14.4 Å². The monoisotopic (exact) mass is 315 g/mol. The van der Waals surface area contributed by atoms with E-state index < -0.39 is 0 Å². The molecule has 23 heavy (non-hydrogen) atoms. The van der Waals surface area contributed by atoms with Crippen molar-refractivity contribution in [3.05, 3.63) is 58.9 Å². The summed E-state index contributed by atoms with van der Waals surface area (Å²) in [7, 11) is 0. The van der Waals surface area contributed by atoms with Crippen LogP contribution in [0.2, 0.25) is 0 Å². The Morgan fingerprint density at radius 1 is 1.30 bits per heavy atom. The second-order valence-corrected chi connectivity index (χ2v) is 5.85. The molecule has 2 aromatic rings. The van der Waals surface area contributed by atoms with Crippen LogP contribution in [-0.2, 0) is 17.6 Å². The Labute approximate surface area is 136 Å². The molecule has 0 amide bonds. The standard InChI is InChI=1S/C18H22FN3O/c1-2-3-13-10-21-18(22-11-13)9-14-4-5-15(8-16(14)19)17-12-20-6-7-23-17/h4-5,8,10-11,17,20H,2-3,6-7,9,12H2,1H3. The average Bonchev–Trinajstić information content (AvgIpc) is 2.59. The van der Waals surface area contributed by atoms with E-state index in [1.54, 1.807) is 6.07 Å². The predicted octanol–water partition coefficient (Wildman–Crippen LogP) is 2.82. The van der Waals surface area contributed by atoms with Crippen LogP contribution in [-0.4, -0.2) is 29.7 Å². The van der Waals surface area contributed by atoms with E-state index in [2.05, 4.69) is 22.2 Å². The van der Waals surface area contributed by atoms with Crippen LogP contribution in [0.3, 0.4) is 0 Å². The molecule has 1 atom stereocenters. The number of hydrogen-bond acceptors (Lipinski definition) is 4. The zero-order valence-corrected chi connectivity index (χ0v) is 13.4. The van der Waals surface area contributed by atoms with Crippen molar-refractivity contribution in [2.45, 2.75) is 32.3 Å². The molecule has 0 spiro atoms. The summed E-state index contributed by atoms with van der Waals surface area (Å²) in [6.07, 6.45) is 6.04. The first-order chi connectivity index (χ1) is 11.3. The average molecular weight is 315 g/mol. The van der Waals surface area contributed by atoms with Crippen LogP contribution in [0, 0.1) is 5.82 Å². The van der Waals surface area contributed by atoms with Gasteiger partial charge in [0.05, 0.1) is 12.7 Å². The van der Waals surface area contributed by atoms with Crippen LogP contribution in [0.1, 0.15) is 42.0 Å². The molecular formula is C18H22FN3O. The molecule has 5 heteroatoms. The van der Waals surface area contributed by atoms with Gasteiger partial charge in [0.15, 0.2) is 0 Å². The Balaban J connectivity index is 1.70. The minimum Gasteiger partial charge on any atom is -0.371 e. The first-order valence-electron chi connectivity index (χ1n) is 8.16. The number of halogens is 1. The summed E-state index contributed by atoms with van der Waals surface area (Å²) >= 11 is 0. The molecule has 122 valence electrons. The number of ether oxygens (including phenoxy) is 1. The minimum absolute atomic E-state index is 0.0723. The zero-order valence-electron chi connectivity index (χ0n) is 13.4. The first-order valence-corrected chi connectivity index (χ1v) is 8.16. The highest BCUT2D eigenvalue weighted by molar-refractivity contribution is 5.28. The lowest BCUT2D eigenvalue weighted by atomic mass is 10.0. The smallest absolute Gasteiger partial charge is 0.132 e. The highest BCUT2D eigenvalue weighted by atomic mass is 19.1. The van der Waals surface area contributed by atoms with Crippen LogP contribution < -0.4 is 5.32 Å². The summed E-state index contributed by atoms with van der Waals surface area (Å²) in [6.45, 7) is 4.35. The van der Waals surface area contributed by atoms with Crippen LogP contribution in [0.4, 0.5) is 4.39 Å². The highest BCUT2D eigenvalue weighted by Gasteiger charge is 2.17. The maximum absolute atomic E-state index is 14.4. The van der Waals surface area contributed by atoms with E-state index in [-0.39, 0.29) is 11.9 Å². The fraction of sp³-hybridized carbons (Fsp3) is 0.444. The number of morpholine rings is 1. The summed E-state index contributed by atoms with van der Waals surface area (Å²) in [4.78, 5) is 8.67. The Bertz CT molecular complexity index is 639. The Hall–Kier alpha value is -1.85. The molecule has 4 nitrogen and oxygen atoms in total. The molecule has 1 N–H and O–H groups in total. The molecule has 1 aliphatic heterocycles. The lowest BCUT2D eigenvalue weighted by molar-refractivity contribution is 0.0275. The second kappa shape index (κ2) is 7.62. The van der Waals surface area contributed by atoms with Crippen molar-refractivity contribution in [3.63, 3.8) is 0 Å². The van der Waals surface area contributed by atoms with Crippen molar-refractivity contribution in [2.24, 2.45) is 0 Å². The van der Waals surface area contributed by atoms with Crippen LogP contribution >= 0.6 is 0 Å². The van der Waals surface area contributed by atoms with E-state index >= 15 is 0 Å². The number of rotatable bonds is 5. The molecular weight excluding hydrogens is 293 g/mol. The third-order valence-electron chi connectivity index (χ3n) is 4.02. The summed E-state index contributed by atoms with van der Waals surface area (Å²) in [5.74, 6) is 0.421.